The van der Waals surface area contributed by atoms with Crippen LogP contribution >= 0.6 is 0 Å². The molecule has 0 amide bonds. The highest BCUT2D eigenvalue weighted by atomic mass is 19.4. The Hall–Kier alpha value is -1.99. The van der Waals surface area contributed by atoms with E-state index >= 15 is 0 Å². The Labute approximate surface area is 106 Å². The first-order chi connectivity index (χ1) is 8.89. The molecule has 2 N–H and O–H groups in total. The average Bonchev–Trinajstić information content (AvgIpc) is 3.04. The number of hydrogen-bond donors (Lipinski definition) is 1. The van der Waals surface area contributed by atoms with Crippen molar-refractivity contribution in [2.24, 2.45) is 0 Å². The summed E-state index contributed by atoms with van der Waals surface area (Å²) in [6, 6.07) is 2.86. The van der Waals surface area contributed by atoms with E-state index in [0.29, 0.717) is 5.65 Å². The molecule has 2 heterocycles. The van der Waals surface area contributed by atoms with Gasteiger partial charge in [-0.25, -0.2) is 0 Å². The van der Waals surface area contributed by atoms with Gasteiger partial charge in [-0.2, -0.15) is 22.7 Å². The Bertz CT molecular complexity index is 645. The number of halogens is 3. The number of anilines is 1. The normalized spacial score (nSPS) is 17.7. The first-order valence-corrected chi connectivity index (χ1v) is 5.65. The molecule has 2 aromatic rings. The molecule has 5 nitrogen and oxygen atoms in total. The maximum Gasteiger partial charge on any atom is 0.398 e. The lowest BCUT2D eigenvalue weighted by Gasteiger charge is -2.21. The highest BCUT2D eigenvalue weighted by Gasteiger charge is 2.65. The van der Waals surface area contributed by atoms with Crippen molar-refractivity contribution in [1.82, 2.24) is 14.6 Å². The van der Waals surface area contributed by atoms with Crippen molar-refractivity contribution < 1.29 is 17.9 Å². The van der Waals surface area contributed by atoms with Gasteiger partial charge in [0.1, 0.15) is 0 Å². The van der Waals surface area contributed by atoms with Crippen LogP contribution < -0.4 is 10.5 Å². The standard InChI is InChI=1S/C11H11F3N4O/c1-19-8-6(10(4-5-10)11(12,13)14)2-3-7-16-9(15)17-18(7)8/h2-3H,4-5H2,1H3,(H2,15,17). The number of fused-ring (bicyclic) bond motifs is 1. The number of rotatable bonds is 2. The van der Waals surface area contributed by atoms with E-state index in [-0.39, 0.29) is 30.2 Å². The largest absolute Gasteiger partial charge is 0.481 e. The van der Waals surface area contributed by atoms with Gasteiger partial charge in [-0.1, -0.05) is 0 Å². The van der Waals surface area contributed by atoms with Crippen molar-refractivity contribution in [3.05, 3.63) is 17.7 Å². The average molecular weight is 272 g/mol. The van der Waals surface area contributed by atoms with Crippen molar-refractivity contribution in [2.45, 2.75) is 24.4 Å². The number of nitrogens with two attached hydrogens (primary N) is 1. The van der Waals surface area contributed by atoms with Crippen LogP contribution in [-0.2, 0) is 5.41 Å². The van der Waals surface area contributed by atoms with Gasteiger partial charge in [0.25, 0.3) is 0 Å². The molecular weight excluding hydrogens is 261 g/mol. The van der Waals surface area contributed by atoms with E-state index in [9.17, 15) is 13.2 Å². The molecule has 8 heteroatoms. The van der Waals surface area contributed by atoms with Crippen LogP contribution in [0.1, 0.15) is 18.4 Å². The van der Waals surface area contributed by atoms with Crippen LogP contribution in [0, 0.1) is 0 Å². The van der Waals surface area contributed by atoms with Gasteiger partial charge in [0, 0.05) is 5.56 Å². The topological polar surface area (TPSA) is 65.4 Å². The molecule has 0 unspecified atom stereocenters. The minimum atomic E-state index is -4.31. The molecule has 1 fully saturated rings. The van der Waals surface area contributed by atoms with Gasteiger partial charge in [-0.3, -0.25) is 0 Å². The van der Waals surface area contributed by atoms with Crippen molar-refractivity contribution in [1.29, 1.82) is 0 Å². The van der Waals surface area contributed by atoms with Gasteiger partial charge < -0.3 is 10.5 Å². The molecule has 19 heavy (non-hydrogen) atoms. The van der Waals surface area contributed by atoms with E-state index in [1.54, 1.807) is 0 Å². The Morgan fingerprint density at radius 3 is 2.58 bits per heavy atom. The van der Waals surface area contributed by atoms with Crippen LogP contribution in [0.4, 0.5) is 19.1 Å². The summed E-state index contributed by atoms with van der Waals surface area (Å²) in [4.78, 5) is 3.90. The van der Waals surface area contributed by atoms with Crippen molar-refractivity contribution in [2.75, 3.05) is 12.8 Å². The summed E-state index contributed by atoms with van der Waals surface area (Å²) in [6.45, 7) is 0. The van der Waals surface area contributed by atoms with Gasteiger partial charge in [0.15, 0.2) is 5.65 Å². The molecule has 0 aliphatic heterocycles. The van der Waals surface area contributed by atoms with E-state index in [0.717, 1.165) is 0 Å². The van der Waals surface area contributed by atoms with Crippen LogP contribution in [0.5, 0.6) is 5.88 Å². The van der Waals surface area contributed by atoms with E-state index in [1.165, 1.54) is 23.8 Å². The first kappa shape index (κ1) is 12.1. The fourth-order valence-corrected chi connectivity index (χ4v) is 2.33. The highest BCUT2D eigenvalue weighted by molar-refractivity contribution is 5.52. The lowest BCUT2D eigenvalue weighted by Crippen LogP contribution is -2.29. The summed E-state index contributed by atoms with van der Waals surface area (Å²) in [5.74, 6) is 0.0313. The number of pyridine rings is 1. The lowest BCUT2D eigenvalue weighted by atomic mass is 9.96. The molecule has 0 bridgehead atoms. The highest BCUT2D eigenvalue weighted by Crippen LogP contribution is 2.60. The maximum absolute atomic E-state index is 13.2. The summed E-state index contributed by atoms with van der Waals surface area (Å²) >= 11 is 0. The summed E-state index contributed by atoms with van der Waals surface area (Å²) in [5.41, 5.74) is 4.07. The number of alkyl halides is 3. The maximum atomic E-state index is 13.2. The molecule has 1 aliphatic carbocycles. The number of ether oxygens (including phenoxy) is 1. The van der Waals surface area contributed by atoms with Gasteiger partial charge in [0.05, 0.1) is 12.5 Å². The number of hydrogen-bond acceptors (Lipinski definition) is 4. The van der Waals surface area contributed by atoms with Crippen LogP contribution in [-0.4, -0.2) is 27.9 Å². The third-order valence-corrected chi connectivity index (χ3v) is 3.47. The number of aromatic nitrogens is 3. The van der Waals surface area contributed by atoms with Crippen LogP contribution in [0.2, 0.25) is 0 Å². The predicted octanol–water partition coefficient (Wildman–Crippen LogP) is 1.91. The SMILES string of the molecule is COc1c(C2(C(F)(F)F)CC2)ccc2nc(N)nn12. The van der Waals surface area contributed by atoms with Crippen LogP contribution in [0.3, 0.4) is 0 Å². The van der Waals surface area contributed by atoms with Crippen molar-refractivity contribution in [3.63, 3.8) is 0 Å². The fourth-order valence-electron chi connectivity index (χ4n) is 2.33. The first-order valence-electron chi connectivity index (χ1n) is 5.65. The molecule has 3 rings (SSSR count). The predicted molar refractivity (Wildman–Crippen MR) is 60.9 cm³/mol. The smallest absolute Gasteiger partial charge is 0.398 e. The second-order valence-corrected chi connectivity index (χ2v) is 4.58. The zero-order valence-electron chi connectivity index (χ0n) is 10.0. The molecule has 2 aromatic heterocycles. The Kier molecular flexibility index (Phi) is 2.24. The van der Waals surface area contributed by atoms with E-state index < -0.39 is 11.6 Å². The number of nitrogens with zero attached hydrogens (tertiary/aromatic N) is 3. The van der Waals surface area contributed by atoms with E-state index in [1.807, 2.05) is 0 Å². The second-order valence-electron chi connectivity index (χ2n) is 4.58. The lowest BCUT2D eigenvalue weighted by molar-refractivity contribution is -0.161. The number of nitrogen functional groups attached to an aromatic ring is 1. The minimum absolute atomic E-state index is 0.00712. The Balaban J connectivity index is 2.25. The molecular formula is C11H11F3N4O. The molecule has 1 aliphatic rings. The number of methoxy groups -OCH3 is 1. The third-order valence-electron chi connectivity index (χ3n) is 3.47. The summed E-state index contributed by atoms with van der Waals surface area (Å²) in [7, 11) is 1.31. The minimum Gasteiger partial charge on any atom is -0.481 e. The molecule has 0 radical (unpaired) electrons. The van der Waals surface area contributed by atoms with Gasteiger partial charge in [0.2, 0.25) is 11.8 Å². The molecule has 0 saturated heterocycles. The van der Waals surface area contributed by atoms with E-state index in [2.05, 4.69) is 10.1 Å². The molecule has 1 saturated carbocycles. The Morgan fingerprint density at radius 2 is 2.05 bits per heavy atom. The van der Waals surface area contributed by atoms with Gasteiger partial charge in [-0.15, -0.1) is 5.10 Å². The zero-order valence-corrected chi connectivity index (χ0v) is 10.0. The fraction of sp³-hybridized carbons (Fsp3) is 0.455. The summed E-state index contributed by atoms with van der Waals surface area (Å²) < 4.78 is 45.8. The second kappa shape index (κ2) is 3.52. The molecule has 0 aromatic carbocycles. The summed E-state index contributed by atoms with van der Waals surface area (Å²) in [5, 5.41) is 3.86. The third kappa shape index (κ3) is 1.55. The van der Waals surface area contributed by atoms with Crippen molar-refractivity contribution in [3.8, 4) is 5.88 Å². The molecule has 0 atom stereocenters. The van der Waals surface area contributed by atoms with Crippen LogP contribution in [0.25, 0.3) is 5.65 Å². The summed E-state index contributed by atoms with van der Waals surface area (Å²) in [6.07, 6.45) is -4.19. The zero-order chi connectivity index (χ0) is 13.8. The quantitative estimate of drug-likeness (QED) is 0.907. The van der Waals surface area contributed by atoms with Gasteiger partial charge in [-0.05, 0) is 25.0 Å². The molecule has 102 valence electrons. The van der Waals surface area contributed by atoms with Gasteiger partial charge >= 0.3 is 6.18 Å². The monoisotopic (exact) mass is 272 g/mol. The Morgan fingerprint density at radius 1 is 1.37 bits per heavy atom. The van der Waals surface area contributed by atoms with E-state index in [4.69, 9.17) is 10.5 Å². The van der Waals surface area contributed by atoms with Crippen molar-refractivity contribution >= 4 is 11.6 Å². The van der Waals surface area contributed by atoms with Crippen LogP contribution in [0.15, 0.2) is 12.1 Å². The molecule has 0 spiro atoms.